The van der Waals surface area contributed by atoms with Gasteiger partial charge in [-0.05, 0) is 94.7 Å². The molecule has 3 aliphatic rings. The maximum atomic E-state index is 12.7. The molecule has 1 N–H and O–H groups in total. The van der Waals surface area contributed by atoms with Crippen LogP contribution in [0.25, 0.3) is 11.1 Å². The number of hydrogen-bond acceptors (Lipinski definition) is 5. The number of nitrogens with zero attached hydrogens (tertiary/aromatic N) is 3. The quantitative estimate of drug-likeness (QED) is 0.427. The van der Waals surface area contributed by atoms with Gasteiger partial charge in [0, 0.05) is 55.2 Å². The van der Waals surface area contributed by atoms with Gasteiger partial charge in [-0.3, -0.25) is 9.88 Å². The van der Waals surface area contributed by atoms with Crippen LogP contribution >= 0.6 is 0 Å². The lowest BCUT2D eigenvalue weighted by atomic mass is 9.81. The Labute approximate surface area is 234 Å². The van der Waals surface area contributed by atoms with Crippen LogP contribution in [-0.4, -0.2) is 52.7 Å². The smallest absolute Gasteiger partial charge is 0.337 e. The monoisotopic (exact) mass is 533 g/mol. The van der Waals surface area contributed by atoms with Crippen molar-refractivity contribution in [3.05, 3.63) is 46.3 Å². The largest absolute Gasteiger partial charge is 0.479 e. The van der Waals surface area contributed by atoms with Crippen LogP contribution in [0, 0.1) is 25.2 Å². The first-order chi connectivity index (χ1) is 18.3. The molecule has 212 valence electrons. The number of ether oxygens (including phenoxy) is 1. The van der Waals surface area contributed by atoms with Gasteiger partial charge in [0.15, 0.2) is 6.10 Å². The molecule has 0 amide bonds. The number of anilines is 1. The third kappa shape index (κ3) is 6.33. The number of pyridine rings is 1. The Balaban J connectivity index is 1.62. The van der Waals surface area contributed by atoms with Gasteiger partial charge in [0.25, 0.3) is 0 Å². The average Bonchev–Trinajstić information content (AvgIpc) is 3.66. The Bertz CT molecular complexity index is 1230. The van der Waals surface area contributed by atoms with E-state index in [4.69, 9.17) is 9.72 Å². The first-order valence-corrected chi connectivity index (χ1v) is 14.8. The second-order valence-corrected chi connectivity index (χ2v) is 13.9. The second-order valence-electron chi connectivity index (χ2n) is 13.9. The van der Waals surface area contributed by atoms with E-state index >= 15 is 0 Å². The van der Waals surface area contributed by atoms with E-state index in [0.29, 0.717) is 5.56 Å². The van der Waals surface area contributed by atoms with Gasteiger partial charge in [0.1, 0.15) is 0 Å². The lowest BCUT2D eigenvalue weighted by molar-refractivity contribution is -0.160. The Morgan fingerprint density at radius 1 is 1.10 bits per heavy atom. The van der Waals surface area contributed by atoms with E-state index in [-0.39, 0.29) is 5.41 Å². The van der Waals surface area contributed by atoms with Gasteiger partial charge >= 0.3 is 5.97 Å². The molecule has 6 heteroatoms. The SMILES string of the molecule is Cc1nc(C)c(C(OC(C)(C)C)C(=O)O)c(N2CCC(C)(C)CC2)c1-c1ccc2c(c1)CCN(CC1CC1)C2. The van der Waals surface area contributed by atoms with Crippen LogP contribution in [0.2, 0.25) is 0 Å². The van der Waals surface area contributed by atoms with Gasteiger partial charge in [-0.2, -0.15) is 0 Å². The van der Waals surface area contributed by atoms with Crippen LogP contribution in [-0.2, 0) is 22.5 Å². The summed E-state index contributed by atoms with van der Waals surface area (Å²) in [6.45, 7) is 19.5. The molecule has 3 heterocycles. The van der Waals surface area contributed by atoms with Crippen molar-refractivity contribution in [2.75, 3.05) is 31.1 Å². The zero-order valence-electron chi connectivity index (χ0n) is 25.1. The number of aromatic nitrogens is 1. The number of benzene rings is 1. The van der Waals surface area contributed by atoms with Crippen molar-refractivity contribution in [2.45, 2.75) is 98.8 Å². The van der Waals surface area contributed by atoms with Crippen LogP contribution < -0.4 is 4.90 Å². The topological polar surface area (TPSA) is 65.9 Å². The molecular formula is C33H47N3O3. The van der Waals surface area contributed by atoms with Crippen LogP contribution in [0.4, 0.5) is 5.69 Å². The minimum absolute atomic E-state index is 0.278. The predicted octanol–water partition coefficient (Wildman–Crippen LogP) is 6.70. The third-order valence-electron chi connectivity index (χ3n) is 8.77. The summed E-state index contributed by atoms with van der Waals surface area (Å²) >= 11 is 0. The fraction of sp³-hybridized carbons (Fsp3) is 0.636. The highest BCUT2D eigenvalue weighted by atomic mass is 16.5. The summed E-state index contributed by atoms with van der Waals surface area (Å²) in [6, 6.07) is 6.89. The highest BCUT2D eigenvalue weighted by Gasteiger charge is 2.36. The first-order valence-electron chi connectivity index (χ1n) is 14.8. The number of carboxylic acids is 1. The van der Waals surface area contributed by atoms with Gasteiger partial charge < -0.3 is 14.7 Å². The molecule has 2 aromatic rings. The highest BCUT2D eigenvalue weighted by Crippen LogP contribution is 2.45. The van der Waals surface area contributed by atoms with Crippen LogP contribution in [0.15, 0.2) is 18.2 Å². The van der Waals surface area contributed by atoms with Gasteiger partial charge in [-0.25, -0.2) is 4.79 Å². The standard InChI is InChI=1S/C33H47N3O3/c1-21-27(25-10-11-26-20-35(19-23-8-9-23)15-12-24(26)18-25)29(36-16-13-33(6,7)14-17-36)28(22(2)34-21)30(31(37)38)39-32(3,4)5/h10-11,18,23,30H,8-9,12-17,19-20H2,1-7H3,(H,37,38). The molecule has 1 atom stereocenters. The average molecular weight is 534 g/mol. The fourth-order valence-electron chi connectivity index (χ4n) is 6.34. The molecule has 1 saturated carbocycles. The Morgan fingerprint density at radius 2 is 1.79 bits per heavy atom. The van der Waals surface area contributed by atoms with Gasteiger partial charge in [0.05, 0.1) is 11.3 Å². The van der Waals surface area contributed by atoms with Gasteiger partial charge in [0.2, 0.25) is 0 Å². The van der Waals surface area contributed by atoms with E-state index < -0.39 is 17.7 Å². The summed E-state index contributed by atoms with van der Waals surface area (Å²) in [7, 11) is 0. The van der Waals surface area contributed by atoms with E-state index in [1.807, 2.05) is 27.7 Å². The zero-order valence-corrected chi connectivity index (χ0v) is 25.1. The molecule has 5 rings (SSSR count). The van der Waals surface area contributed by atoms with Gasteiger partial charge in [-0.15, -0.1) is 0 Å². The molecule has 0 radical (unpaired) electrons. The van der Waals surface area contributed by atoms with Crippen molar-refractivity contribution in [1.29, 1.82) is 0 Å². The molecular weight excluding hydrogens is 486 g/mol. The van der Waals surface area contributed by atoms with E-state index in [1.54, 1.807) is 0 Å². The molecule has 2 aliphatic heterocycles. The van der Waals surface area contributed by atoms with Crippen molar-refractivity contribution < 1.29 is 14.6 Å². The van der Waals surface area contributed by atoms with Gasteiger partial charge in [-0.1, -0.05) is 32.0 Å². The number of aliphatic carboxylic acids is 1. The molecule has 0 bridgehead atoms. The zero-order chi connectivity index (χ0) is 28.1. The Morgan fingerprint density at radius 3 is 2.41 bits per heavy atom. The summed E-state index contributed by atoms with van der Waals surface area (Å²) in [5, 5.41) is 10.4. The van der Waals surface area contributed by atoms with Crippen LogP contribution in [0.5, 0.6) is 0 Å². The minimum atomic E-state index is -1.09. The second kappa shape index (κ2) is 10.5. The fourth-order valence-corrected chi connectivity index (χ4v) is 6.34. The molecule has 2 fully saturated rings. The molecule has 1 aromatic heterocycles. The van der Waals surface area contributed by atoms with E-state index in [2.05, 4.69) is 48.8 Å². The lowest BCUT2D eigenvalue weighted by Crippen LogP contribution is -2.39. The maximum absolute atomic E-state index is 12.7. The minimum Gasteiger partial charge on any atom is -0.479 e. The Hall–Kier alpha value is -2.44. The highest BCUT2D eigenvalue weighted by molar-refractivity contribution is 5.88. The van der Waals surface area contributed by atoms with E-state index in [0.717, 1.165) is 79.6 Å². The van der Waals surface area contributed by atoms with Crippen molar-refractivity contribution in [3.8, 4) is 11.1 Å². The number of carboxylic acid groups (broad SMARTS) is 1. The lowest BCUT2D eigenvalue weighted by Gasteiger charge is -2.41. The molecule has 1 aromatic carbocycles. The van der Waals surface area contributed by atoms with Crippen LogP contribution in [0.1, 0.15) is 94.5 Å². The summed E-state index contributed by atoms with van der Waals surface area (Å²) < 4.78 is 6.24. The maximum Gasteiger partial charge on any atom is 0.337 e. The normalized spacial score (nSPS) is 20.5. The number of aryl methyl sites for hydroxylation is 2. The van der Waals surface area contributed by atoms with Crippen molar-refractivity contribution in [1.82, 2.24) is 9.88 Å². The van der Waals surface area contributed by atoms with Crippen molar-refractivity contribution in [3.63, 3.8) is 0 Å². The van der Waals surface area contributed by atoms with Crippen molar-refractivity contribution in [2.24, 2.45) is 11.3 Å². The van der Waals surface area contributed by atoms with Crippen molar-refractivity contribution >= 4 is 11.7 Å². The molecule has 1 unspecified atom stereocenters. The predicted molar refractivity (Wildman–Crippen MR) is 157 cm³/mol. The number of piperidine rings is 1. The molecule has 1 aliphatic carbocycles. The molecule has 1 saturated heterocycles. The summed E-state index contributed by atoms with van der Waals surface area (Å²) in [5.41, 5.74) is 8.07. The summed E-state index contributed by atoms with van der Waals surface area (Å²) in [4.78, 5) is 22.7. The Kier molecular flexibility index (Phi) is 7.58. The molecule has 39 heavy (non-hydrogen) atoms. The molecule has 0 spiro atoms. The van der Waals surface area contributed by atoms with E-state index in [1.165, 1.54) is 30.5 Å². The summed E-state index contributed by atoms with van der Waals surface area (Å²) in [5.74, 6) is -0.0653. The third-order valence-corrected chi connectivity index (χ3v) is 8.77. The molecule has 6 nitrogen and oxygen atoms in total. The first kappa shape index (κ1) is 28.1. The number of fused-ring (bicyclic) bond motifs is 1. The van der Waals surface area contributed by atoms with Crippen LogP contribution in [0.3, 0.4) is 0 Å². The number of hydrogen-bond donors (Lipinski definition) is 1. The number of rotatable bonds is 7. The van der Waals surface area contributed by atoms with E-state index in [9.17, 15) is 9.90 Å². The number of carbonyl (C=O) groups is 1. The summed E-state index contributed by atoms with van der Waals surface area (Å²) in [6.07, 6.45) is 4.86.